The van der Waals surface area contributed by atoms with Crippen molar-refractivity contribution in [3.05, 3.63) is 57.5 Å². The molecule has 0 saturated heterocycles. The maximum atomic E-state index is 13.1. The number of carbonyl (C=O) groups is 1. The molecule has 1 heterocycles. The van der Waals surface area contributed by atoms with E-state index < -0.39 is 17.8 Å². The minimum absolute atomic E-state index is 0.0214. The van der Waals surface area contributed by atoms with Crippen LogP contribution in [0.3, 0.4) is 0 Å². The number of benzene rings is 1. The summed E-state index contributed by atoms with van der Waals surface area (Å²) < 4.78 is 13.1. The minimum Gasteiger partial charge on any atom is -0.383 e. The Morgan fingerprint density at radius 2 is 2.10 bits per heavy atom. The van der Waals surface area contributed by atoms with Crippen molar-refractivity contribution in [1.82, 2.24) is 10.3 Å². The van der Waals surface area contributed by atoms with Gasteiger partial charge in [0.05, 0.1) is 17.8 Å². The molecule has 0 fully saturated rings. The summed E-state index contributed by atoms with van der Waals surface area (Å²) in [6, 6.07) is 5.60. The van der Waals surface area contributed by atoms with Gasteiger partial charge in [-0.05, 0) is 30.7 Å². The van der Waals surface area contributed by atoms with Crippen molar-refractivity contribution in [3.63, 3.8) is 0 Å². The molecule has 1 unspecified atom stereocenters. The number of nitrogens with zero attached hydrogens (tertiary/aromatic N) is 1. The summed E-state index contributed by atoms with van der Waals surface area (Å²) in [4.78, 5) is 15.7. The van der Waals surface area contributed by atoms with E-state index in [0.717, 1.165) is 12.3 Å². The highest BCUT2D eigenvalue weighted by Crippen LogP contribution is 2.26. The molecule has 0 spiro atoms. The first-order valence-corrected chi connectivity index (χ1v) is 6.81. The van der Waals surface area contributed by atoms with Crippen LogP contribution >= 0.6 is 23.2 Å². The number of aromatic nitrogens is 1. The molecule has 2 rings (SSSR count). The number of nitrogens with two attached hydrogens (primary N) is 1. The van der Waals surface area contributed by atoms with Crippen LogP contribution in [0.4, 0.5) is 10.2 Å². The van der Waals surface area contributed by atoms with Crippen LogP contribution in [0.25, 0.3) is 0 Å². The molecule has 0 bridgehead atoms. The van der Waals surface area contributed by atoms with Gasteiger partial charge in [-0.15, -0.1) is 0 Å². The fourth-order valence-corrected chi connectivity index (χ4v) is 2.41. The number of anilines is 1. The van der Waals surface area contributed by atoms with E-state index in [0.29, 0.717) is 15.6 Å². The molecule has 21 heavy (non-hydrogen) atoms. The lowest BCUT2D eigenvalue weighted by Gasteiger charge is -2.16. The van der Waals surface area contributed by atoms with E-state index in [1.165, 1.54) is 0 Å². The molecule has 3 N–H and O–H groups in total. The van der Waals surface area contributed by atoms with Gasteiger partial charge in [-0.25, -0.2) is 9.37 Å². The van der Waals surface area contributed by atoms with E-state index in [4.69, 9.17) is 28.9 Å². The zero-order chi connectivity index (χ0) is 15.6. The molecule has 0 radical (unpaired) electrons. The average molecular weight is 328 g/mol. The number of halogens is 3. The van der Waals surface area contributed by atoms with Crippen LogP contribution in [-0.2, 0) is 0 Å². The molecule has 2 aromatic rings. The quantitative estimate of drug-likeness (QED) is 0.904. The van der Waals surface area contributed by atoms with Crippen molar-refractivity contribution in [2.24, 2.45) is 0 Å². The van der Waals surface area contributed by atoms with Crippen LogP contribution < -0.4 is 11.1 Å². The predicted molar refractivity (Wildman–Crippen MR) is 81.0 cm³/mol. The number of nitrogen functional groups attached to an aromatic ring is 1. The predicted octanol–water partition coefficient (Wildman–Crippen LogP) is 3.60. The zero-order valence-electron chi connectivity index (χ0n) is 11.0. The Bertz CT molecular complexity index is 694. The summed E-state index contributed by atoms with van der Waals surface area (Å²) in [6.45, 7) is 1.75. The third kappa shape index (κ3) is 3.62. The Balaban J connectivity index is 2.20. The average Bonchev–Trinajstić information content (AvgIpc) is 2.41. The van der Waals surface area contributed by atoms with Gasteiger partial charge in [-0.2, -0.15) is 0 Å². The Hall–Kier alpha value is -1.85. The number of pyridine rings is 1. The summed E-state index contributed by atoms with van der Waals surface area (Å²) in [6.07, 6.45) is 0.950. The highest BCUT2D eigenvalue weighted by molar-refractivity contribution is 6.35. The normalized spacial score (nSPS) is 12.0. The van der Waals surface area contributed by atoms with E-state index in [2.05, 4.69) is 10.3 Å². The second-order valence-corrected chi connectivity index (χ2v) is 5.29. The molecule has 1 atom stereocenters. The van der Waals surface area contributed by atoms with Crippen molar-refractivity contribution in [1.29, 1.82) is 0 Å². The van der Waals surface area contributed by atoms with Crippen molar-refractivity contribution in [2.45, 2.75) is 13.0 Å². The van der Waals surface area contributed by atoms with E-state index in [9.17, 15) is 9.18 Å². The smallest absolute Gasteiger partial charge is 0.255 e. The van der Waals surface area contributed by atoms with Gasteiger partial charge in [0, 0.05) is 10.0 Å². The standard InChI is InChI=1S/C14H12Cl2FN3O/c1-7(10-3-2-8(15)4-12(10)16)20-14(21)11-5-9(17)6-19-13(11)18/h2-7H,1H3,(H2,18,19)(H,20,21). The van der Waals surface area contributed by atoms with Crippen molar-refractivity contribution < 1.29 is 9.18 Å². The second-order valence-electron chi connectivity index (χ2n) is 4.45. The van der Waals surface area contributed by atoms with E-state index >= 15 is 0 Å². The molecule has 7 heteroatoms. The van der Waals surface area contributed by atoms with Gasteiger partial charge in [-0.1, -0.05) is 29.3 Å². The van der Waals surface area contributed by atoms with Gasteiger partial charge in [0.2, 0.25) is 0 Å². The number of rotatable bonds is 3. The van der Waals surface area contributed by atoms with Crippen molar-refractivity contribution in [3.8, 4) is 0 Å². The van der Waals surface area contributed by atoms with Crippen LogP contribution in [0.5, 0.6) is 0 Å². The Kier molecular flexibility index (Phi) is 4.65. The number of carbonyl (C=O) groups excluding carboxylic acids is 1. The number of amides is 1. The van der Waals surface area contributed by atoms with E-state index in [1.54, 1.807) is 25.1 Å². The number of nitrogens with one attached hydrogen (secondary N) is 1. The zero-order valence-corrected chi connectivity index (χ0v) is 12.5. The maximum absolute atomic E-state index is 13.1. The van der Waals surface area contributed by atoms with E-state index in [1.807, 2.05) is 0 Å². The van der Waals surface area contributed by atoms with Crippen molar-refractivity contribution >= 4 is 34.9 Å². The summed E-state index contributed by atoms with van der Waals surface area (Å²) in [5, 5.41) is 3.62. The lowest BCUT2D eigenvalue weighted by Crippen LogP contribution is -2.28. The molecule has 0 aliphatic rings. The first-order valence-electron chi connectivity index (χ1n) is 6.05. The van der Waals surface area contributed by atoms with Crippen molar-refractivity contribution in [2.75, 3.05) is 5.73 Å². The van der Waals surface area contributed by atoms with E-state index in [-0.39, 0.29) is 11.4 Å². The second kappa shape index (κ2) is 6.28. The van der Waals surface area contributed by atoms with Gasteiger partial charge in [-0.3, -0.25) is 4.79 Å². The minimum atomic E-state index is -0.633. The summed E-state index contributed by atoms with van der Waals surface area (Å²) in [7, 11) is 0. The molecule has 0 aliphatic heterocycles. The molecule has 1 aromatic heterocycles. The molecular formula is C14H12Cl2FN3O. The summed E-state index contributed by atoms with van der Waals surface area (Å²) >= 11 is 11.9. The summed E-state index contributed by atoms with van der Waals surface area (Å²) in [5.74, 6) is -1.20. The van der Waals surface area contributed by atoms with Crippen LogP contribution in [0, 0.1) is 5.82 Å². The Labute approximate surface area is 131 Å². The maximum Gasteiger partial charge on any atom is 0.255 e. The third-order valence-corrected chi connectivity index (χ3v) is 3.47. The van der Waals surface area contributed by atoms with Gasteiger partial charge in [0.1, 0.15) is 11.6 Å². The van der Waals surface area contributed by atoms with Crippen LogP contribution in [0.2, 0.25) is 10.0 Å². The Morgan fingerprint density at radius 3 is 2.76 bits per heavy atom. The van der Waals surface area contributed by atoms with Gasteiger partial charge >= 0.3 is 0 Å². The Morgan fingerprint density at radius 1 is 1.38 bits per heavy atom. The molecule has 0 aliphatic carbocycles. The summed E-state index contributed by atoms with van der Waals surface area (Å²) in [5.41, 5.74) is 6.24. The first kappa shape index (κ1) is 15.5. The SMILES string of the molecule is CC(NC(=O)c1cc(F)cnc1N)c1ccc(Cl)cc1Cl. The molecule has 0 saturated carbocycles. The number of hydrogen-bond donors (Lipinski definition) is 2. The number of hydrogen-bond acceptors (Lipinski definition) is 3. The van der Waals surface area contributed by atoms with Crippen LogP contribution in [0.15, 0.2) is 30.5 Å². The fourth-order valence-electron chi connectivity index (χ4n) is 1.84. The largest absolute Gasteiger partial charge is 0.383 e. The molecule has 1 aromatic carbocycles. The third-order valence-electron chi connectivity index (χ3n) is 2.91. The van der Waals surface area contributed by atoms with Crippen LogP contribution in [0.1, 0.15) is 28.9 Å². The lowest BCUT2D eigenvalue weighted by atomic mass is 10.1. The fraction of sp³-hybridized carbons (Fsp3) is 0.143. The lowest BCUT2D eigenvalue weighted by molar-refractivity contribution is 0.0940. The highest BCUT2D eigenvalue weighted by atomic mass is 35.5. The molecule has 4 nitrogen and oxygen atoms in total. The highest BCUT2D eigenvalue weighted by Gasteiger charge is 2.17. The monoisotopic (exact) mass is 327 g/mol. The topological polar surface area (TPSA) is 68.0 Å². The van der Waals surface area contributed by atoms with Crippen LogP contribution in [-0.4, -0.2) is 10.9 Å². The molecular weight excluding hydrogens is 316 g/mol. The van der Waals surface area contributed by atoms with Gasteiger partial charge < -0.3 is 11.1 Å². The van der Waals surface area contributed by atoms with Gasteiger partial charge in [0.25, 0.3) is 5.91 Å². The molecule has 110 valence electrons. The molecule has 1 amide bonds. The first-order chi connectivity index (χ1) is 9.88. The van der Waals surface area contributed by atoms with Gasteiger partial charge in [0.15, 0.2) is 0 Å².